The number of anilines is 2. The van der Waals surface area contributed by atoms with Crippen LogP contribution >= 0.6 is 0 Å². The van der Waals surface area contributed by atoms with E-state index in [4.69, 9.17) is 5.73 Å². The summed E-state index contributed by atoms with van der Waals surface area (Å²) < 4.78 is 0. The smallest absolute Gasteiger partial charge is 0.129 e. The lowest BCUT2D eigenvalue weighted by Gasteiger charge is -2.40. The van der Waals surface area contributed by atoms with E-state index in [0.717, 1.165) is 17.2 Å². The van der Waals surface area contributed by atoms with E-state index in [0.29, 0.717) is 12.1 Å². The van der Waals surface area contributed by atoms with Gasteiger partial charge in [-0.2, -0.15) is 0 Å². The van der Waals surface area contributed by atoms with Crippen LogP contribution in [0, 0.1) is 6.92 Å². The number of rotatable bonds is 1. The number of nitrogens with zero attached hydrogens (tertiary/aromatic N) is 2. The highest BCUT2D eigenvalue weighted by Gasteiger charge is 2.25. The lowest BCUT2D eigenvalue weighted by molar-refractivity contribution is 0.411. The Kier molecular flexibility index (Phi) is 3.03. The van der Waals surface area contributed by atoms with Gasteiger partial charge in [-0.1, -0.05) is 0 Å². The molecule has 1 fully saturated rings. The fourth-order valence-corrected chi connectivity index (χ4v) is 2.58. The van der Waals surface area contributed by atoms with Gasteiger partial charge in [-0.05, 0) is 52.2 Å². The van der Waals surface area contributed by atoms with Crippen LogP contribution in [0.2, 0.25) is 0 Å². The summed E-state index contributed by atoms with van der Waals surface area (Å²) in [5.41, 5.74) is 7.52. The highest BCUT2D eigenvalue weighted by Crippen LogP contribution is 2.28. The molecule has 3 heteroatoms. The fourth-order valence-electron chi connectivity index (χ4n) is 2.58. The van der Waals surface area contributed by atoms with E-state index >= 15 is 0 Å². The van der Waals surface area contributed by atoms with E-state index in [1.54, 1.807) is 0 Å². The normalized spacial score (nSPS) is 25.8. The summed E-state index contributed by atoms with van der Waals surface area (Å²) in [6.07, 6.45) is 3.84. The highest BCUT2D eigenvalue weighted by molar-refractivity contribution is 5.51. The molecule has 1 aliphatic heterocycles. The Bertz CT molecular complexity index is 365. The van der Waals surface area contributed by atoms with E-state index in [2.05, 4.69) is 23.7 Å². The minimum absolute atomic E-state index is 0.583. The number of aryl methyl sites for hydroxylation is 1. The molecular formula is C13H21N3. The molecule has 2 unspecified atom stereocenters. The van der Waals surface area contributed by atoms with Gasteiger partial charge in [0.25, 0.3) is 0 Å². The Balaban J connectivity index is 2.30. The molecule has 88 valence electrons. The second kappa shape index (κ2) is 4.32. The first-order valence-electron chi connectivity index (χ1n) is 6.11. The fraction of sp³-hybridized carbons (Fsp3) is 0.615. The third-order valence-electron chi connectivity index (χ3n) is 3.57. The number of nitrogen functional groups attached to an aromatic ring is 1. The van der Waals surface area contributed by atoms with Gasteiger partial charge < -0.3 is 10.6 Å². The average Bonchev–Trinajstić information content (AvgIpc) is 2.23. The maximum Gasteiger partial charge on any atom is 0.129 e. The number of nitrogens with two attached hydrogens (primary N) is 1. The molecule has 16 heavy (non-hydrogen) atoms. The van der Waals surface area contributed by atoms with Crippen LogP contribution in [-0.4, -0.2) is 17.1 Å². The molecule has 1 aromatic heterocycles. The summed E-state index contributed by atoms with van der Waals surface area (Å²) in [5, 5.41) is 0. The van der Waals surface area contributed by atoms with Crippen molar-refractivity contribution in [3.8, 4) is 0 Å². The first kappa shape index (κ1) is 11.2. The van der Waals surface area contributed by atoms with Gasteiger partial charge in [0, 0.05) is 12.1 Å². The summed E-state index contributed by atoms with van der Waals surface area (Å²) in [6.45, 7) is 6.53. The molecule has 2 rings (SSSR count). The predicted molar refractivity (Wildman–Crippen MR) is 68.6 cm³/mol. The van der Waals surface area contributed by atoms with Gasteiger partial charge in [-0.25, -0.2) is 4.98 Å². The second-order valence-corrected chi connectivity index (χ2v) is 4.88. The van der Waals surface area contributed by atoms with Crippen LogP contribution in [0.15, 0.2) is 12.1 Å². The molecular weight excluding hydrogens is 198 g/mol. The molecule has 0 aromatic carbocycles. The Morgan fingerprint density at radius 1 is 1.25 bits per heavy atom. The lowest BCUT2D eigenvalue weighted by atomic mass is 9.97. The van der Waals surface area contributed by atoms with Crippen LogP contribution in [0.5, 0.6) is 0 Å². The van der Waals surface area contributed by atoms with Gasteiger partial charge in [0.2, 0.25) is 0 Å². The molecule has 0 aliphatic carbocycles. The van der Waals surface area contributed by atoms with Crippen LogP contribution < -0.4 is 10.6 Å². The number of hydrogen-bond donors (Lipinski definition) is 1. The largest absolute Gasteiger partial charge is 0.397 e. The molecule has 2 N–H and O–H groups in total. The highest BCUT2D eigenvalue weighted by atomic mass is 15.2. The second-order valence-electron chi connectivity index (χ2n) is 4.88. The molecule has 1 aromatic rings. The van der Waals surface area contributed by atoms with Gasteiger partial charge in [-0.15, -0.1) is 0 Å². The SMILES string of the molecule is Cc1nc(N2C(C)CCCC2C)ccc1N. The molecule has 0 saturated carbocycles. The van der Waals surface area contributed by atoms with Gasteiger partial charge in [-0.3, -0.25) is 0 Å². The molecule has 3 nitrogen and oxygen atoms in total. The molecule has 1 saturated heterocycles. The third kappa shape index (κ3) is 1.99. The summed E-state index contributed by atoms with van der Waals surface area (Å²) >= 11 is 0. The van der Waals surface area contributed by atoms with Crippen molar-refractivity contribution in [2.75, 3.05) is 10.6 Å². The van der Waals surface area contributed by atoms with Crippen LogP contribution in [0.1, 0.15) is 38.8 Å². The zero-order valence-corrected chi connectivity index (χ0v) is 10.4. The summed E-state index contributed by atoms with van der Waals surface area (Å²) in [4.78, 5) is 7.02. The number of hydrogen-bond acceptors (Lipinski definition) is 3. The molecule has 0 bridgehead atoms. The monoisotopic (exact) mass is 219 g/mol. The topological polar surface area (TPSA) is 42.2 Å². The molecule has 2 atom stereocenters. The van der Waals surface area contributed by atoms with Crippen LogP contribution in [0.25, 0.3) is 0 Å². The summed E-state index contributed by atoms with van der Waals surface area (Å²) in [5.74, 6) is 1.08. The molecule has 1 aliphatic rings. The van der Waals surface area contributed by atoms with Crippen molar-refractivity contribution in [2.45, 2.75) is 52.1 Å². The Morgan fingerprint density at radius 3 is 2.44 bits per heavy atom. The maximum absolute atomic E-state index is 5.81. The van der Waals surface area contributed by atoms with Crippen LogP contribution in [0.3, 0.4) is 0 Å². The first-order valence-corrected chi connectivity index (χ1v) is 6.11. The van der Waals surface area contributed by atoms with Crippen molar-refractivity contribution in [1.29, 1.82) is 0 Å². The van der Waals surface area contributed by atoms with Crippen molar-refractivity contribution in [2.24, 2.45) is 0 Å². The summed E-state index contributed by atoms with van der Waals surface area (Å²) in [6, 6.07) is 5.17. The zero-order valence-electron chi connectivity index (χ0n) is 10.4. The number of piperidine rings is 1. The number of aromatic nitrogens is 1. The first-order chi connectivity index (χ1) is 7.59. The van der Waals surface area contributed by atoms with E-state index in [1.807, 2.05) is 19.1 Å². The number of pyridine rings is 1. The van der Waals surface area contributed by atoms with E-state index < -0.39 is 0 Å². The molecule has 0 radical (unpaired) electrons. The van der Waals surface area contributed by atoms with Gasteiger partial charge in [0.1, 0.15) is 5.82 Å². The van der Waals surface area contributed by atoms with Crippen LogP contribution in [0.4, 0.5) is 11.5 Å². The minimum Gasteiger partial charge on any atom is -0.397 e. The van der Waals surface area contributed by atoms with Crippen molar-refractivity contribution >= 4 is 11.5 Å². The van der Waals surface area contributed by atoms with Crippen LogP contribution in [-0.2, 0) is 0 Å². The van der Waals surface area contributed by atoms with Gasteiger partial charge in [0.05, 0.1) is 11.4 Å². The Labute approximate surface area is 97.7 Å². The zero-order chi connectivity index (χ0) is 11.7. The molecule has 0 spiro atoms. The predicted octanol–water partition coefficient (Wildman–Crippen LogP) is 2.74. The van der Waals surface area contributed by atoms with Crippen molar-refractivity contribution < 1.29 is 0 Å². The van der Waals surface area contributed by atoms with E-state index in [9.17, 15) is 0 Å². The Morgan fingerprint density at radius 2 is 1.88 bits per heavy atom. The minimum atomic E-state index is 0.583. The van der Waals surface area contributed by atoms with E-state index in [1.165, 1.54) is 19.3 Å². The Hall–Kier alpha value is -1.25. The quantitative estimate of drug-likeness (QED) is 0.789. The average molecular weight is 219 g/mol. The standard InChI is InChI=1S/C13H21N3/c1-9-5-4-6-10(2)16(9)13-8-7-12(14)11(3)15-13/h7-10H,4-6,14H2,1-3H3. The van der Waals surface area contributed by atoms with Gasteiger partial charge in [0.15, 0.2) is 0 Å². The van der Waals surface area contributed by atoms with Crippen molar-refractivity contribution in [3.63, 3.8) is 0 Å². The molecule has 0 amide bonds. The molecule has 2 heterocycles. The summed E-state index contributed by atoms with van der Waals surface area (Å²) in [7, 11) is 0. The van der Waals surface area contributed by atoms with Crippen molar-refractivity contribution in [1.82, 2.24) is 4.98 Å². The third-order valence-corrected chi connectivity index (χ3v) is 3.57. The van der Waals surface area contributed by atoms with Crippen molar-refractivity contribution in [3.05, 3.63) is 17.8 Å². The van der Waals surface area contributed by atoms with E-state index in [-0.39, 0.29) is 0 Å². The lowest BCUT2D eigenvalue weighted by Crippen LogP contribution is -2.44. The van der Waals surface area contributed by atoms with Gasteiger partial charge >= 0.3 is 0 Å². The maximum atomic E-state index is 5.81.